The van der Waals surface area contributed by atoms with E-state index in [1.165, 1.54) is 6.07 Å². The van der Waals surface area contributed by atoms with E-state index >= 15 is 0 Å². The lowest BCUT2D eigenvalue weighted by Crippen LogP contribution is -2.47. The van der Waals surface area contributed by atoms with Crippen LogP contribution in [0.25, 0.3) is 0 Å². The summed E-state index contributed by atoms with van der Waals surface area (Å²) in [6.45, 7) is 2.60. The zero-order chi connectivity index (χ0) is 10.8. The Labute approximate surface area is 96.8 Å². The summed E-state index contributed by atoms with van der Waals surface area (Å²) in [6.07, 6.45) is 0. The fraction of sp³-hybridized carbons (Fsp3) is 0.455. The summed E-state index contributed by atoms with van der Waals surface area (Å²) in [5, 5.41) is 8.85. The lowest BCUT2D eigenvalue weighted by atomic mass is 10.0. The monoisotopic (exact) mass is 273 g/mol. The summed E-state index contributed by atoms with van der Waals surface area (Å²) in [5.41, 5.74) is 0.717. The van der Waals surface area contributed by atoms with Crippen LogP contribution in [0.2, 0.25) is 0 Å². The zero-order valence-electron chi connectivity index (χ0n) is 8.29. The van der Waals surface area contributed by atoms with Gasteiger partial charge in [-0.3, -0.25) is 4.90 Å². The summed E-state index contributed by atoms with van der Waals surface area (Å²) in [6, 6.07) is 5.13. The van der Waals surface area contributed by atoms with Gasteiger partial charge < -0.3 is 5.11 Å². The van der Waals surface area contributed by atoms with Crippen LogP contribution in [0.4, 0.5) is 4.39 Å². The van der Waals surface area contributed by atoms with Gasteiger partial charge in [0.25, 0.3) is 0 Å². The molecule has 1 aromatic rings. The minimum Gasteiger partial charge on any atom is -0.396 e. The maximum Gasteiger partial charge on any atom is 0.128 e. The first kappa shape index (κ1) is 11.0. The molecule has 4 heteroatoms. The minimum absolute atomic E-state index is 0.170. The average molecular weight is 274 g/mol. The highest BCUT2D eigenvalue weighted by Gasteiger charge is 2.26. The molecule has 0 amide bonds. The van der Waals surface area contributed by atoms with Crippen LogP contribution in [-0.4, -0.2) is 29.7 Å². The summed E-state index contributed by atoms with van der Waals surface area (Å²) < 4.78 is 14.2. The Morgan fingerprint density at radius 1 is 1.47 bits per heavy atom. The molecule has 1 heterocycles. The minimum atomic E-state index is -0.170. The maximum absolute atomic E-state index is 13.4. The largest absolute Gasteiger partial charge is 0.396 e. The van der Waals surface area contributed by atoms with Gasteiger partial charge in [-0.25, -0.2) is 4.39 Å². The van der Waals surface area contributed by atoms with E-state index in [1.54, 1.807) is 6.07 Å². The van der Waals surface area contributed by atoms with Crippen molar-refractivity contribution in [3.05, 3.63) is 34.1 Å². The molecular weight excluding hydrogens is 261 g/mol. The van der Waals surface area contributed by atoms with Gasteiger partial charge in [0.1, 0.15) is 5.82 Å². The van der Waals surface area contributed by atoms with E-state index < -0.39 is 0 Å². The number of hydrogen-bond acceptors (Lipinski definition) is 2. The first-order valence-electron chi connectivity index (χ1n) is 4.96. The number of nitrogens with zero attached hydrogens (tertiary/aromatic N) is 1. The van der Waals surface area contributed by atoms with Gasteiger partial charge in [0, 0.05) is 42.2 Å². The Morgan fingerprint density at radius 3 is 2.80 bits per heavy atom. The van der Waals surface area contributed by atoms with Crippen molar-refractivity contribution in [1.82, 2.24) is 4.90 Å². The summed E-state index contributed by atoms with van der Waals surface area (Å²) >= 11 is 3.23. The number of benzene rings is 1. The molecule has 1 aromatic carbocycles. The Hall–Kier alpha value is -0.450. The second-order valence-electron chi connectivity index (χ2n) is 3.98. The molecule has 2 nitrogen and oxygen atoms in total. The van der Waals surface area contributed by atoms with Crippen LogP contribution in [0.5, 0.6) is 0 Å². The second-order valence-corrected chi connectivity index (χ2v) is 4.89. The fourth-order valence-electron chi connectivity index (χ4n) is 1.81. The lowest BCUT2D eigenvalue weighted by molar-refractivity contribution is 0.0471. The molecule has 0 aliphatic carbocycles. The fourth-order valence-corrected chi connectivity index (χ4v) is 2.15. The van der Waals surface area contributed by atoms with Crippen molar-refractivity contribution in [2.75, 3.05) is 19.7 Å². The molecule has 0 spiro atoms. The van der Waals surface area contributed by atoms with Crippen molar-refractivity contribution < 1.29 is 9.50 Å². The summed E-state index contributed by atoms with van der Waals surface area (Å²) in [5.74, 6) is 0.209. The van der Waals surface area contributed by atoms with Crippen molar-refractivity contribution in [3.63, 3.8) is 0 Å². The predicted molar refractivity (Wildman–Crippen MR) is 60.0 cm³/mol. The molecule has 2 rings (SSSR count). The van der Waals surface area contributed by atoms with E-state index in [4.69, 9.17) is 5.11 Å². The van der Waals surface area contributed by atoms with Crippen molar-refractivity contribution >= 4 is 15.9 Å². The van der Waals surface area contributed by atoms with Crippen molar-refractivity contribution in [1.29, 1.82) is 0 Å². The number of rotatable bonds is 3. The molecule has 1 N–H and O–H groups in total. The maximum atomic E-state index is 13.4. The quantitative estimate of drug-likeness (QED) is 0.911. The SMILES string of the molecule is OCC1CN(Cc2ccc(Br)cc2F)C1. The molecule has 1 fully saturated rings. The van der Waals surface area contributed by atoms with Crippen LogP contribution in [-0.2, 0) is 6.54 Å². The highest BCUT2D eigenvalue weighted by molar-refractivity contribution is 9.10. The summed E-state index contributed by atoms with van der Waals surface area (Å²) in [4.78, 5) is 2.13. The van der Waals surface area contributed by atoms with E-state index in [0.29, 0.717) is 12.5 Å². The Balaban J connectivity index is 1.94. The molecule has 0 radical (unpaired) electrons. The van der Waals surface area contributed by atoms with Gasteiger partial charge in [0.2, 0.25) is 0 Å². The highest BCUT2D eigenvalue weighted by Crippen LogP contribution is 2.21. The van der Waals surface area contributed by atoms with Crippen LogP contribution in [0.3, 0.4) is 0 Å². The smallest absolute Gasteiger partial charge is 0.128 e. The molecule has 82 valence electrons. The van der Waals surface area contributed by atoms with E-state index in [-0.39, 0.29) is 12.4 Å². The molecule has 0 saturated carbocycles. The number of aliphatic hydroxyl groups excluding tert-OH is 1. The molecule has 1 saturated heterocycles. The third-order valence-corrected chi connectivity index (χ3v) is 3.19. The molecular formula is C11H13BrFNO. The number of halogens is 2. The lowest BCUT2D eigenvalue weighted by Gasteiger charge is -2.38. The van der Waals surface area contributed by atoms with Gasteiger partial charge in [0.05, 0.1) is 0 Å². The van der Waals surface area contributed by atoms with Crippen LogP contribution in [0, 0.1) is 11.7 Å². The van der Waals surface area contributed by atoms with Gasteiger partial charge in [-0.2, -0.15) is 0 Å². The first-order valence-corrected chi connectivity index (χ1v) is 5.75. The van der Waals surface area contributed by atoms with E-state index in [9.17, 15) is 4.39 Å². The standard InChI is InChI=1S/C11H13BrFNO/c12-10-2-1-9(11(13)3-10)6-14-4-8(5-14)7-15/h1-3,8,15H,4-7H2. The number of hydrogen-bond donors (Lipinski definition) is 1. The zero-order valence-corrected chi connectivity index (χ0v) is 9.87. The Kier molecular flexibility index (Phi) is 3.38. The first-order chi connectivity index (χ1) is 7.19. The topological polar surface area (TPSA) is 23.5 Å². The van der Waals surface area contributed by atoms with Gasteiger partial charge in [-0.05, 0) is 12.1 Å². The number of aliphatic hydroxyl groups is 1. The Morgan fingerprint density at radius 2 is 2.20 bits per heavy atom. The van der Waals surface area contributed by atoms with Gasteiger partial charge in [0.15, 0.2) is 0 Å². The third kappa shape index (κ3) is 2.56. The molecule has 0 atom stereocenters. The molecule has 0 unspecified atom stereocenters. The Bertz CT molecular complexity index is 352. The normalized spacial score (nSPS) is 17.8. The van der Waals surface area contributed by atoms with E-state index in [2.05, 4.69) is 20.8 Å². The van der Waals surface area contributed by atoms with Gasteiger partial charge >= 0.3 is 0 Å². The van der Waals surface area contributed by atoms with Crippen LogP contribution in [0.1, 0.15) is 5.56 Å². The molecule has 15 heavy (non-hydrogen) atoms. The molecule has 0 aromatic heterocycles. The van der Waals surface area contributed by atoms with Gasteiger partial charge in [-0.1, -0.05) is 22.0 Å². The van der Waals surface area contributed by atoms with Crippen molar-refractivity contribution in [3.8, 4) is 0 Å². The molecule has 1 aliphatic heterocycles. The van der Waals surface area contributed by atoms with E-state index in [1.807, 2.05) is 6.07 Å². The van der Waals surface area contributed by atoms with Crippen LogP contribution < -0.4 is 0 Å². The molecule has 0 bridgehead atoms. The van der Waals surface area contributed by atoms with Crippen molar-refractivity contribution in [2.24, 2.45) is 5.92 Å². The van der Waals surface area contributed by atoms with E-state index in [0.717, 1.165) is 23.1 Å². The van der Waals surface area contributed by atoms with Gasteiger partial charge in [-0.15, -0.1) is 0 Å². The van der Waals surface area contributed by atoms with Crippen LogP contribution in [0.15, 0.2) is 22.7 Å². The predicted octanol–water partition coefficient (Wildman–Crippen LogP) is 2.01. The van der Waals surface area contributed by atoms with Crippen molar-refractivity contribution in [2.45, 2.75) is 6.54 Å². The average Bonchev–Trinajstić information content (AvgIpc) is 2.13. The second kappa shape index (κ2) is 4.60. The summed E-state index contributed by atoms with van der Waals surface area (Å²) in [7, 11) is 0. The van der Waals surface area contributed by atoms with Crippen LogP contribution >= 0.6 is 15.9 Å². The third-order valence-electron chi connectivity index (χ3n) is 2.70. The number of likely N-dealkylation sites (tertiary alicyclic amines) is 1. The highest BCUT2D eigenvalue weighted by atomic mass is 79.9. The molecule has 1 aliphatic rings.